The Morgan fingerprint density at radius 1 is 0.910 bits per heavy atom. The highest BCUT2D eigenvalue weighted by Gasteiger charge is 2.65. The minimum atomic E-state index is -9.94. The highest BCUT2D eigenvalue weighted by atomic mass is 32.5. The van der Waals surface area contributed by atoms with E-state index in [9.17, 15) is 43.4 Å². The molecule has 1 aliphatic rings. The van der Waals surface area contributed by atoms with Crippen molar-refractivity contribution in [3.8, 4) is 40.1 Å². The van der Waals surface area contributed by atoms with Crippen LogP contribution in [0.15, 0.2) is 71.8 Å². The number of likely N-dealkylation sites (N-methyl/N-ethyl adjacent to an activating group) is 1. The number of nitrogens with two attached hydrogens (primary N) is 3. The monoisotopic (exact) mass is 959 g/mol. The lowest BCUT2D eigenvalue weighted by Crippen LogP contribution is -2.56. The van der Waals surface area contributed by atoms with Crippen LogP contribution in [0.4, 0.5) is 19.4 Å². The van der Waals surface area contributed by atoms with Crippen LogP contribution in [0.25, 0.3) is 22.5 Å². The Morgan fingerprint density at radius 3 is 2.12 bits per heavy atom. The minimum absolute atomic E-state index is 0.0115. The number of hydrogen-bond donors (Lipinski definition) is 7. The van der Waals surface area contributed by atoms with Gasteiger partial charge in [0.1, 0.15) is 60.3 Å². The molecule has 5 amide bonds. The van der Waals surface area contributed by atoms with Crippen LogP contribution in [0.1, 0.15) is 46.6 Å². The number of aryl methyl sites for hydroxylation is 1. The first-order valence-corrected chi connectivity index (χ1v) is 22.6. The number of nitriles is 1. The second-order valence-corrected chi connectivity index (χ2v) is 17.8. The van der Waals surface area contributed by atoms with Gasteiger partial charge in [0.15, 0.2) is 5.82 Å². The molecule has 4 unspecified atom stereocenters. The van der Waals surface area contributed by atoms with Gasteiger partial charge in [-0.1, -0.05) is 31.6 Å². The molecule has 2 heterocycles. The van der Waals surface area contributed by atoms with Gasteiger partial charge in [0, 0.05) is 49.4 Å². The maximum absolute atomic E-state index is 14.6. The maximum Gasteiger partial charge on any atom is 0.310 e. The summed E-state index contributed by atoms with van der Waals surface area (Å²) in [5.41, 5.74) is 18.8. The van der Waals surface area contributed by atoms with Crippen molar-refractivity contribution in [2.24, 2.45) is 17.2 Å². The molecule has 4 aromatic rings. The van der Waals surface area contributed by atoms with Crippen LogP contribution in [-0.2, 0) is 25.6 Å². The van der Waals surface area contributed by atoms with E-state index < -0.39 is 68.8 Å². The lowest BCUT2D eigenvalue weighted by Gasteiger charge is -2.40. The van der Waals surface area contributed by atoms with Crippen molar-refractivity contribution in [1.29, 1.82) is 5.26 Å². The fourth-order valence-corrected chi connectivity index (χ4v) is 7.71. The van der Waals surface area contributed by atoms with Gasteiger partial charge >= 0.3 is 10.2 Å². The Bertz CT molecular complexity index is 2570. The number of fused-ring (bicyclic) bond motifs is 5. The zero-order valence-corrected chi connectivity index (χ0v) is 37.3. The van der Waals surface area contributed by atoms with Gasteiger partial charge < -0.3 is 52.8 Å². The third-order valence-electron chi connectivity index (χ3n) is 10.4. The SMILES string of the molecule is Cc1nc(-c2ccc(S(F)(F)(F)(F)F)cc2)ncc1C(=O)NC(CCN)C(=O)N(C)C1C(=O)NC(C)C(=O)NC(C(=O)NCC#N)Cc2ccc(OCCN)c(c2)-c2cc1ccc2OCCN. The normalized spacial score (nSPS) is 17.7. The molecule has 18 nitrogen and oxygen atoms in total. The van der Waals surface area contributed by atoms with Crippen molar-refractivity contribution in [3.63, 3.8) is 0 Å². The summed E-state index contributed by atoms with van der Waals surface area (Å²) < 4.78 is 78.5. The summed E-state index contributed by atoms with van der Waals surface area (Å²) in [7, 11) is -8.65. The largest absolute Gasteiger partial charge is 0.492 e. The molecule has 360 valence electrons. The summed E-state index contributed by atoms with van der Waals surface area (Å²) >= 11 is 0. The average Bonchev–Trinajstić information content (AvgIpc) is 3.28. The molecule has 0 fully saturated rings. The number of nitrogens with one attached hydrogen (secondary N) is 4. The third kappa shape index (κ3) is 12.7. The highest BCUT2D eigenvalue weighted by molar-refractivity contribution is 8.45. The number of rotatable bonds is 16. The van der Waals surface area contributed by atoms with E-state index in [1.54, 1.807) is 30.3 Å². The van der Waals surface area contributed by atoms with Crippen LogP contribution in [0.2, 0.25) is 0 Å². The highest BCUT2D eigenvalue weighted by Crippen LogP contribution is 3.02. The van der Waals surface area contributed by atoms with Crippen molar-refractivity contribution in [1.82, 2.24) is 36.1 Å². The number of hydrogen-bond acceptors (Lipinski definition) is 13. The lowest BCUT2D eigenvalue weighted by atomic mass is 9.93. The third-order valence-corrected chi connectivity index (χ3v) is 11.6. The summed E-state index contributed by atoms with van der Waals surface area (Å²) in [5.74, 6) is -3.55. The number of benzene rings is 3. The van der Waals surface area contributed by atoms with Gasteiger partial charge in [0.2, 0.25) is 23.6 Å². The molecule has 0 aliphatic carbocycles. The Labute approximate surface area is 381 Å². The average molecular weight is 960 g/mol. The minimum Gasteiger partial charge on any atom is -0.492 e. The van der Waals surface area contributed by atoms with Gasteiger partial charge in [-0.3, -0.25) is 24.0 Å². The van der Waals surface area contributed by atoms with Gasteiger partial charge in [-0.15, -0.1) is 0 Å². The van der Waals surface area contributed by atoms with Crippen LogP contribution >= 0.6 is 10.2 Å². The number of ether oxygens (including phenoxy) is 2. The van der Waals surface area contributed by atoms with Crippen molar-refractivity contribution >= 4 is 39.8 Å². The van der Waals surface area contributed by atoms with Crippen molar-refractivity contribution < 1.29 is 52.9 Å². The molecule has 0 spiro atoms. The molecule has 3 aromatic carbocycles. The Hall–Kier alpha value is -6.94. The van der Waals surface area contributed by atoms with Crippen LogP contribution in [0.5, 0.6) is 11.5 Å². The first kappa shape index (κ1) is 51.1. The summed E-state index contributed by atoms with van der Waals surface area (Å²) in [4.78, 5) is 76.9. The molecular formula is C43H50F5N11O7S. The number of carbonyl (C=O) groups is 5. The number of aromatic nitrogens is 2. The molecule has 5 rings (SSSR count). The molecule has 4 atom stereocenters. The van der Waals surface area contributed by atoms with Gasteiger partial charge in [0.05, 0.1) is 17.3 Å². The predicted octanol–water partition coefficient (Wildman–Crippen LogP) is 3.28. The number of carbonyl (C=O) groups excluding carboxylic acids is 5. The van der Waals surface area contributed by atoms with E-state index in [0.29, 0.717) is 28.2 Å². The standard InChI is InChI=1S/C43H50F5N11O7S/c1-24-32(23-54-38(55-24)27-5-8-29(9-6-27)67(44,45,46,47)48)40(61)57-33(12-13-49)43(64)59(3)37-28-7-11-36(66-19-16-52)31(22-28)30-20-26(4-10-35(30)65-18-15-51)21-34(41(62)53-17-14-50)58-39(60)25(2)56-42(37)63/h4-11,20,22-23,25,33-34,37H,12-13,15-19,21,49,51-52H2,1-3H3,(H,53,62)(H,56,63)(H,57,61)(H,58,60). The molecule has 4 bridgehead atoms. The van der Waals surface area contributed by atoms with Gasteiger partial charge in [-0.25, -0.2) is 9.97 Å². The molecule has 1 aliphatic heterocycles. The molecule has 0 radical (unpaired) electrons. The maximum atomic E-state index is 14.6. The van der Waals surface area contributed by atoms with Crippen molar-refractivity contribution in [2.45, 2.75) is 55.8 Å². The van der Waals surface area contributed by atoms with Gasteiger partial charge in [-0.2, -0.15) is 5.26 Å². The van der Waals surface area contributed by atoms with E-state index in [-0.39, 0.29) is 92.6 Å². The Balaban J connectivity index is 1.55. The second kappa shape index (κ2) is 20.3. The van der Waals surface area contributed by atoms with E-state index in [4.69, 9.17) is 31.9 Å². The molecule has 67 heavy (non-hydrogen) atoms. The fraction of sp³-hybridized carbons (Fsp3) is 0.349. The molecule has 0 saturated carbocycles. The van der Waals surface area contributed by atoms with Gasteiger partial charge in [0.25, 0.3) is 5.91 Å². The fourth-order valence-electron chi connectivity index (χ4n) is 7.06. The lowest BCUT2D eigenvalue weighted by molar-refractivity contribution is -0.141. The summed E-state index contributed by atoms with van der Waals surface area (Å²) in [6.45, 7) is 2.70. The molecule has 10 N–H and O–H groups in total. The molecule has 24 heteroatoms. The summed E-state index contributed by atoms with van der Waals surface area (Å²) in [5, 5.41) is 19.4. The smallest absolute Gasteiger partial charge is 0.310 e. The van der Waals surface area contributed by atoms with Crippen molar-refractivity contribution in [2.75, 3.05) is 46.4 Å². The van der Waals surface area contributed by atoms with E-state index in [1.165, 1.54) is 27.0 Å². The molecule has 0 saturated heterocycles. The Kier molecular flexibility index (Phi) is 15.5. The van der Waals surface area contributed by atoms with E-state index >= 15 is 0 Å². The van der Waals surface area contributed by atoms with E-state index in [0.717, 1.165) is 23.2 Å². The van der Waals surface area contributed by atoms with Crippen molar-refractivity contribution in [3.05, 3.63) is 89.2 Å². The Morgan fingerprint density at radius 2 is 1.54 bits per heavy atom. The number of halogens is 5. The zero-order chi connectivity index (χ0) is 49.3. The topological polar surface area (TPSA) is 283 Å². The molecular weight excluding hydrogens is 910 g/mol. The predicted molar refractivity (Wildman–Crippen MR) is 237 cm³/mol. The second-order valence-electron chi connectivity index (χ2n) is 15.4. The van der Waals surface area contributed by atoms with Crippen LogP contribution < -0.4 is 47.9 Å². The first-order valence-electron chi connectivity index (χ1n) is 20.6. The van der Waals surface area contributed by atoms with Crippen LogP contribution in [0, 0.1) is 18.3 Å². The number of amides is 5. The number of nitrogens with zero attached hydrogens (tertiary/aromatic N) is 4. The van der Waals surface area contributed by atoms with E-state index in [1.807, 2.05) is 6.07 Å². The van der Waals surface area contributed by atoms with Gasteiger partial charge in [-0.05, 0) is 86.5 Å². The van der Waals surface area contributed by atoms with Crippen LogP contribution in [-0.4, -0.2) is 109 Å². The van der Waals surface area contributed by atoms with E-state index in [2.05, 4.69) is 31.2 Å². The van der Waals surface area contributed by atoms with Crippen LogP contribution in [0.3, 0.4) is 0 Å². The quantitative estimate of drug-likeness (QED) is 0.0628. The summed E-state index contributed by atoms with van der Waals surface area (Å²) in [6.07, 6.45) is 0.838. The molecule has 1 aromatic heterocycles. The zero-order valence-electron chi connectivity index (χ0n) is 36.5. The first-order chi connectivity index (χ1) is 31.5. The summed E-state index contributed by atoms with van der Waals surface area (Å²) in [6, 6.07) is 8.05.